The molecule has 4 heterocycles. The first kappa shape index (κ1) is 21.5. The van der Waals surface area contributed by atoms with Crippen LogP contribution in [0.5, 0.6) is 0 Å². The lowest BCUT2D eigenvalue weighted by Crippen LogP contribution is -2.00. The van der Waals surface area contributed by atoms with Crippen LogP contribution in [0.25, 0.3) is 76.8 Å². The minimum absolute atomic E-state index is 0.915. The number of aromatic nitrogens is 3. The quantitative estimate of drug-likeness (QED) is 0.213. The van der Waals surface area contributed by atoms with Crippen LogP contribution in [0.3, 0.4) is 0 Å². The first-order valence-corrected chi connectivity index (χ1v) is 13.7. The number of para-hydroxylation sites is 2. The third kappa shape index (κ3) is 2.86. The van der Waals surface area contributed by atoms with Gasteiger partial charge in [-0.3, -0.25) is 4.57 Å². The summed E-state index contributed by atoms with van der Waals surface area (Å²) < 4.78 is 4.83. The Kier molecular flexibility index (Phi) is 4.33. The molecule has 0 aliphatic rings. The van der Waals surface area contributed by atoms with Gasteiger partial charge in [-0.15, -0.1) is 0 Å². The fourth-order valence-corrected chi connectivity index (χ4v) is 6.61. The number of benzene rings is 5. The maximum Gasteiger partial charge on any atom is 0.138 e. The molecule has 9 aromatic rings. The van der Waals surface area contributed by atoms with Crippen molar-refractivity contribution in [3.8, 4) is 16.9 Å². The standard InChI is InChI=1S/C37H23N3/c1-2-10-24(11-3-1)25-20-21-38-35(23-25)40-33-17-9-7-15-29(33)31-19-18-30-27-13-5-6-14-28(27)34-22-26-12-4-8-16-32(26)39(34)36(30)37(31)40/h1-23H. The van der Waals surface area contributed by atoms with E-state index in [9.17, 15) is 0 Å². The van der Waals surface area contributed by atoms with Crippen LogP contribution in [0.4, 0.5) is 0 Å². The van der Waals surface area contributed by atoms with E-state index in [1.807, 2.05) is 6.20 Å². The van der Waals surface area contributed by atoms with Gasteiger partial charge in [0.15, 0.2) is 0 Å². The van der Waals surface area contributed by atoms with Gasteiger partial charge in [0.05, 0.1) is 27.6 Å². The van der Waals surface area contributed by atoms with Crippen LogP contribution in [-0.4, -0.2) is 14.0 Å². The van der Waals surface area contributed by atoms with E-state index >= 15 is 0 Å². The molecule has 3 nitrogen and oxygen atoms in total. The third-order valence-corrected chi connectivity index (χ3v) is 8.32. The first-order valence-electron chi connectivity index (χ1n) is 13.7. The topological polar surface area (TPSA) is 22.2 Å². The molecule has 40 heavy (non-hydrogen) atoms. The van der Waals surface area contributed by atoms with Gasteiger partial charge in [-0.2, -0.15) is 0 Å². The maximum atomic E-state index is 4.96. The summed E-state index contributed by atoms with van der Waals surface area (Å²) >= 11 is 0. The Morgan fingerprint density at radius 1 is 0.425 bits per heavy atom. The smallest absolute Gasteiger partial charge is 0.138 e. The molecule has 9 rings (SSSR count). The Morgan fingerprint density at radius 3 is 1.90 bits per heavy atom. The summed E-state index contributed by atoms with van der Waals surface area (Å²) in [7, 11) is 0. The Labute approximate surface area is 230 Å². The Morgan fingerprint density at radius 2 is 1.07 bits per heavy atom. The molecule has 0 aliphatic carbocycles. The second-order valence-corrected chi connectivity index (χ2v) is 10.4. The summed E-state index contributed by atoms with van der Waals surface area (Å²) in [6.45, 7) is 0. The molecule has 0 N–H and O–H groups in total. The highest BCUT2D eigenvalue weighted by Crippen LogP contribution is 2.41. The molecule has 0 amide bonds. The predicted octanol–water partition coefficient (Wildman–Crippen LogP) is 9.56. The van der Waals surface area contributed by atoms with Crippen LogP contribution >= 0.6 is 0 Å². The normalized spacial score (nSPS) is 12.0. The highest BCUT2D eigenvalue weighted by atomic mass is 15.1. The van der Waals surface area contributed by atoms with Crippen molar-refractivity contribution in [3.63, 3.8) is 0 Å². The van der Waals surface area contributed by atoms with Crippen molar-refractivity contribution in [1.29, 1.82) is 0 Å². The van der Waals surface area contributed by atoms with Gasteiger partial charge in [-0.25, -0.2) is 4.98 Å². The van der Waals surface area contributed by atoms with E-state index in [2.05, 4.69) is 142 Å². The zero-order valence-electron chi connectivity index (χ0n) is 21.6. The minimum atomic E-state index is 0.915. The van der Waals surface area contributed by atoms with E-state index in [0.29, 0.717) is 0 Å². The average molecular weight is 510 g/mol. The van der Waals surface area contributed by atoms with Crippen LogP contribution in [0.15, 0.2) is 140 Å². The number of hydrogen-bond donors (Lipinski definition) is 0. The molecular weight excluding hydrogens is 486 g/mol. The second kappa shape index (κ2) is 8.05. The van der Waals surface area contributed by atoms with Gasteiger partial charge in [-0.05, 0) is 46.8 Å². The predicted molar refractivity (Wildman–Crippen MR) is 167 cm³/mol. The molecule has 0 bridgehead atoms. The molecule has 0 aliphatic heterocycles. The van der Waals surface area contributed by atoms with Crippen LogP contribution < -0.4 is 0 Å². The minimum Gasteiger partial charge on any atom is -0.307 e. The monoisotopic (exact) mass is 509 g/mol. The molecule has 0 saturated carbocycles. The number of nitrogens with zero attached hydrogens (tertiary/aromatic N) is 3. The molecule has 0 radical (unpaired) electrons. The Hall–Kier alpha value is -5.41. The first-order chi connectivity index (χ1) is 19.9. The molecule has 0 atom stereocenters. The molecular formula is C37H23N3. The van der Waals surface area contributed by atoms with Crippen molar-refractivity contribution in [2.75, 3.05) is 0 Å². The molecule has 5 aromatic carbocycles. The fraction of sp³-hybridized carbons (Fsp3) is 0. The zero-order chi connectivity index (χ0) is 26.2. The van der Waals surface area contributed by atoms with Crippen molar-refractivity contribution in [2.45, 2.75) is 0 Å². The van der Waals surface area contributed by atoms with E-state index in [1.165, 1.54) is 59.9 Å². The van der Waals surface area contributed by atoms with Gasteiger partial charge >= 0.3 is 0 Å². The van der Waals surface area contributed by atoms with Crippen molar-refractivity contribution < 1.29 is 0 Å². The van der Waals surface area contributed by atoms with E-state index in [-0.39, 0.29) is 0 Å². The van der Waals surface area contributed by atoms with Crippen molar-refractivity contribution in [2.24, 2.45) is 0 Å². The van der Waals surface area contributed by atoms with E-state index in [1.54, 1.807) is 0 Å². The van der Waals surface area contributed by atoms with Crippen LogP contribution in [0.1, 0.15) is 0 Å². The summed E-state index contributed by atoms with van der Waals surface area (Å²) in [5.41, 5.74) is 8.30. The van der Waals surface area contributed by atoms with Crippen molar-refractivity contribution in [3.05, 3.63) is 140 Å². The molecule has 0 saturated heterocycles. The summed E-state index contributed by atoms with van der Waals surface area (Å²) in [5.74, 6) is 0.915. The zero-order valence-corrected chi connectivity index (χ0v) is 21.6. The number of fused-ring (bicyclic) bond motifs is 12. The maximum absolute atomic E-state index is 4.96. The highest BCUT2D eigenvalue weighted by Gasteiger charge is 2.20. The SMILES string of the molecule is c1ccc(-c2ccnc(-n3c4ccccc4c4ccc5c6ccccc6c6cc7ccccc7n6c5c43)c2)cc1. The van der Waals surface area contributed by atoms with Crippen LogP contribution in [0.2, 0.25) is 0 Å². The van der Waals surface area contributed by atoms with Gasteiger partial charge < -0.3 is 4.40 Å². The lowest BCUT2D eigenvalue weighted by Gasteiger charge is -2.14. The number of hydrogen-bond acceptors (Lipinski definition) is 1. The van der Waals surface area contributed by atoms with Gasteiger partial charge in [0.2, 0.25) is 0 Å². The van der Waals surface area contributed by atoms with E-state index < -0.39 is 0 Å². The second-order valence-electron chi connectivity index (χ2n) is 10.4. The lowest BCUT2D eigenvalue weighted by atomic mass is 10.0. The Balaban J connectivity index is 1.54. The Bertz CT molecular complexity index is 2430. The van der Waals surface area contributed by atoms with Crippen molar-refractivity contribution >= 4 is 59.9 Å². The van der Waals surface area contributed by atoms with Gasteiger partial charge in [0, 0.05) is 33.1 Å². The highest BCUT2D eigenvalue weighted by molar-refractivity contribution is 6.25. The van der Waals surface area contributed by atoms with Crippen LogP contribution in [-0.2, 0) is 0 Å². The average Bonchev–Trinajstić information content (AvgIpc) is 3.58. The molecule has 0 spiro atoms. The number of pyridine rings is 2. The van der Waals surface area contributed by atoms with Crippen molar-refractivity contribution in [1.82, 2.24) is 14.0 Å². The molecule has 0 unspecified atom stereocenters. The van der Waals surface area contributed by atoms with Gasteiger partial charge in [-0.1, -0.05) is 103 Å². The summed E-state index contributed by atoms with van der Waals surface area (Å²) in [5, 5.41) is 7.45. The van der Waals surface area contributed by atoms with E-state index in [4.69, 9.17) is 4.98 Å². The molecule has 3 heteroatoms. The molecule has 0 fully saturated rings. The lowest BCUT2D eigenvalue weighted by molar-refractivity contribution is 1.08. The number of rotatable bonds is 2. The fourth-order valence-electron chi connectivity index (χ4n) is 6.61. The summed E-state index contributed by atoms with van der Waals surface area (Å²) in [4.78, 5) is 4.96. The molecule has 186 valence electrons. The van der Waals surface area contributed by atoms with Crippen LogP contribution in [0, 0.1) is 0 Å². The van der Waals surface area contributed by atoms with Gasteiger partial charge in [0.1, 0.15) is 5.82 Å². The summed E-state index contributed by atoms with van der Waals surface area (Å²) in [6.07, 6.45) is 1.93. The van der Waals surface area contributed by atoms with E-state index in [0.717, 1.165) is 16.9 Å². The molecule has 4 aromatic heterocycles. The van der Waals surface area contributed by atoms with Gasteiger partial charge in [0.25, 0.3) is 0 Å². The largest absolute Gasteiger partial charge is 0.307 e. The summed E-state index contributed by atoms with van der Waals surface area (Å²) in [6, 6.07) is 48.0. The third-order valence-electron chi connectivity index (χ3n) is 8.32.